The summed E-state index contributed by atoms with van der Waals surface area (Å²) in [5.74, 6) is 2.41. The van der Waals surface area contributed by atoms with Crippen LogP contribution < -0.4 is 5.32 Å². The number of nitrogens with one attached hydrogen (secondary N) is 1. The smallest absolute Gasteiger partial charge is 0.228 e. The third-order valence-corrected chi connectivity index (χ3v) is 3.34. The van der Waals surface area contributed by atoms with E-state index in [0.717, 1.165) is 43.6 Å². The topological polar surface area (TPSA) is 54.2 Å². The Morgan fingerprint density at radius 1 is 1.44 bits per heavy atom. The van der Waals surface area contributed by atoms with Crippen LogP contribution in [0.1, 0.15) is 31.5 Å². The van der Waals surface area contributed by atoms with E-state index in [1.165, 1.54) is 12.8 Å². The van der Waals surface area contributed by atoms with E-state index in [1.807, 2.05) is 0 Å². The molecule has 1 unspecified atom stereocenters. The summed E-state index contributed by atoms with van der Waals surface area (Å²) < 4.78 is 5.33. The Hall–Kier alpha value is -0.940. The fourth-order valence-electron chi connectivity index (χ4n) is 2.15. The van der Waals surface area contributed by atoms with Gasteiger partial charge < -0.3 is 14.7 Å². The molecule has 1 heterocycles. The molecule has 0 aromatic carbocycles. The van der Waals surface area contributed by atoms with Crippen LogP contribution in [0.5, 0.6) is 0 Å². The molecule has 0 aliphatic heterocycles. The van der Waals surface area contributed by atoms with Gasteiger partial charge in [0.2, 0.25) is 5.89 Å². The largest absolute Gasteiger partial charge is 0.339 e. The first-order chi connectivity index (χ1) is 8.69. The lowest BCUT2D eigenvalue weighted by molar-refractivity contribution is 0.342. The monoisotopic (exact) mass is 252 g/mol. The van der Waals surface area contributed by atoms with E-state index in [1.54, 1.807) is 0 Å². The number of aromatic nitrogens is 2. The maximum absolute atomic E-state index is 5.33. The van der Waals surface area contributed by atoms with Crippen LogP contribution >= 0.6 is 0 Å². The maximum atomic E-state index is 5.33. The third kappa shape index (κ3) is 4.07. The number of likely N-dealkylation sites (N-methyl/N-ethyl adjacent to an activating group) is 2. The molecule has 1 saturated carbocycles. The Morgan fingerprint density at radius 2 is 2.22 bits per heavy atom. The van der Waals surface area contributed by atoms with E-state index in [4.69, 9.17) is 4.52 Å². The first kappa shape index (κ1) is 13.5. The Morgan fingerprint density at radius 3 is 2.83 bits per heavy atom. The van der Waals surface area contributed by atoms with E-state index >= 15 is 0 Å². The zero-order chi connectivity index (χ0) is 13.0. The predicted molar refractivity (Wildman–Crippen MR) is 70.4 cm³/mol. The molecule has 2 rings (SSSR count). The molecule has 0 spiro atoms. The number of rotatable bonds is 8. The van der Waals surface area contributed by atoms with E-state index in [0.29, 0.717) is 6.04 Å². The molecular weight excluding hydrogens is 228 g/mol. The van der Waals surface area contributed by atoms with Crippen molar-refractivity contribution < 1.29 is 4.52 Å². The Balaban J connectivity index is 1.84. The standard InChI is InChI=1S/C13H24N4O/c1-4-14-11(10-5-6-10)9-13-15-12(16-18-13)7-8-17(2)3/h10-11,14H,4-9H2,1-3H3. The second-order valence-corrected chi connectivity index (χ2v) is 5.36. The lowest BCUT2D eigenvalue weighted by atomic mass is 10.1. The van der Waals surface area contributed by atoms with Gasteiger partial charge in [-0.15, -0.1) is 0 Å². The van der Waals surface area contributed by atoms with Gasteiger partial charge in [0.05, 0.1) is 0 Å². The Labute approximate surface area is 109 Å². The Kier molecular flexibility index (Phi) is 4.72. The molecule has 1 N–H and O–H groups in total. The van der Waals surface area contributed by atoms with Crippen molar-refractivity contribution in [2.24, 2.45) is 5.92 Å². The number of hydrogen-bond acceptors (Lipinski definition) is 5. The summed E-state index contributed by atoms with van der Waals surface area (Å²) >= 11 is 0. The average molecular weight is 252 g/mol. The summed E-state index contributed by atoms with van der Waals surface area (Å²) in [6.45, 7) is 4.10. The molecule has 1 aliphatic carbocycles. The minimum atomic E-state index is 0.511. The quantitative estimate of drug-likeness (QED) is 0.751. The summed E-state index contributed by atoms with van der Waals surface area (Å²) in [5, 5.41) is 7.56. The number of nitrogens with zero attached hydrogens (tertiary/aromatic N) is 3. The molecule has 0 saturated heterocycles. The first-order valence-electron chi connectivity index (χ1n) is 6.88. The van der Waals surface area contributed by atoms with Crippen molar-refractivity contribution in [1.29, 1.82) is 0 Å². The second kappa shape index (κ2) is 6.29. The molecule has 1 atom stereocenters. The Bertz CT molecular complexity index is 360. The molecule has 18 heavy (non-hydrogen) atoms. The molecule has 1 aliphatic rings. The number of hydrogen-bond donors (Lipinski definition) is 1. The van der Waals surface area contributed by atoms with E-state index in [-0.39, 0.29) is 0 Å². The van der Waals surface area contributed by atoms with Crippen LogP contribution in [0.2, 0.25) is 0 Å². The van der Waals surface area contributed by atoms with Gasteiger partial charge in [0.15, 0.2) is 5.82 Å². The molecular formula is C13H24N4O. The molecule has 1 aromatic heterocycles. The van der Waals surface area contributed by atoms with Crippen molar-refractivity contribution >= 4 is 0 Å². The molecule has 0 radical (unpaired) electrons. The van der Waals surface area contributed by atoms with Crippen molar-refractivity contribution in [3.8, 4) is 0 Å². The van der Waals surface area contributed by atoms with Crippen LogP contribution in [0.15, 0.2) is 4.52 Å². The predicted octanol–water partition coefficient (Wildman–Crippen LogP) is 1.10. The summed E-state index contributed by atoms with van der Waals surface area (Å²) in [5.41, 5.74) is 0. The van der Waals surface area contributed by atoms with Gasteiger partial charge in [-0.05, 0) is 39.4 Å². The van der Waals surface area contributed by atoms with Crippen LogP contribution in [-0.4, -0.2) is 48.3 Å². The SMILES string of the molecule is CCNC(Cc1nc(CCN(C)C)no1)C1CC1. The molecule has 1 fully saturated rings. The minimum Gasteiger partial charge on any atom is -0.339 e. The third-order valence-electron chi connectivity index (χ3n) is 3.34. The van der Waals surface area contributed by atoms with Crippen molar-refractivity contribution in [2.75, 3.05) is 27.2 Å². The summed E-state index contributed by atoms with van der Waals surface area (Å²) in [6, 6.07) is 0.511. The van der Waals surface area contributed by atoms with E-state index in [2.05, 4.69) is 41.4 Å². The molecule has 0 bridgehead atoms. The second-order valence-electron chi connectivity index (χ2n) is 5.36. The minimum absolute atomic E-state index is 0.511. The van der Waals surface area contributed by atoms with Crippen LogP contribution in [-0.2, 0) is 12.8 Å². The van der Waals surface area contributed by atoms with Crippen LogP contribution in [0, 0.1) is 5.92 Å². The van der Waals surface area contributed by atoms with Crippen LogP contribution in [0.4, 0.5) is 0 Å². The summed E-state index contributed by atoms with van der Waals surface area (Å²) in [6.07, 6.45) is 4.39. The van der Waals surface area contributed by atoms with Gasteiger partial charge in [0.25, 0.3) is 0 Å². The highest BCUT2D eigenvalue weighted by atomic mass is 16.5. The molecule has 5 heteroatoms. The van der Waals surface area contributed by atoms with Crippen LogP contribution in [0.3, 0.4) is 0 Å². The highest BCUT2D eigenvalue weighted by molar-refractivity contribution is 4.95. The van der Waals surface area contributed by atoms with Gasteiger partial charge >= 0.3 is 0 Å². The summed E-state index contributed by atoms with van der Waals surface area (Å²) in [7, 11) is 4.10. The van der Waals surface area contributed by atoms with Crippen LogP contribution in [0.25, 0.3) is 0 Å². The van der Waals surface area contributed by atoms with Gasteiger partial charge in [-0.2, -0.15) is 4.98 Å². The van der Waals surface area contributed by atoms with Crippen molar-refractivity contribution in [3.05, 3.63) is 11.7 Å². The van der Waals surface area contributed by atoms with Gasteiger partial charge in [0.1, 0.15) is 0 Å². The van der Waals surface area contributed by atoms with E-state index < -0.39 is 0 Å². The van der Waals surface area contributed by atoms with E-state index in [9.17, 15) is 0 Å². The maximum Gasteiger partial charge on any atom is 0.228 e. The lowest BCUT2D eigenvalue weighted by Gasteiger charge is -2.14. The van der Waals surface area contributed by atoms with Gasteiger partial charge in [-0.3, -0.25) is 0 Å². The average Bonchev–Trinajstić information content (AvgIpc) is 3.08. The fraction of sp³-hybridized carbons (Fsp3) is 0.846. The first-order valence-corrected chi connectivity index (χ1v) is 6.88. The zero-order valence-electron chi connectivity index (χ0n) is 11.6. The van der Waals surface area contributed by atoms with Gasteiger partial charge in [-0.1, -0.05) is 12.1 Å². The van der Waals surface area contributed by atoms with Crippen molar-refractivity contribution in [1.82, 2.24) is 20.4 Å². The molecule has 1 aromatic rings. The zero-order valence-corrected chi connectivity index (χ0v) is 11.6. The molecule has 0 amide bonds. The fourth-order valence-corrected chi connectivity index (χ4v) is 2.15. The highest BCUT2D eigenvalue weighted by Gasteiger charge is 2.31. The normalized spacial score (nSPS) is 17.3. The summed E-state index contributed by atoms with van der Waals surface area (Å²) in [4.78, 5) is 6.60. The molecule has 5 nitrogen and oxygen atoms in total. The van der Waals surface area contributed by atoms with Gasteiger partial charge in [-0.25, -0.2) is 0 Å². The lowest BCUT2D eigenvalue weighted by Crippen LogP contribution is -2.33. The van der Waals surface area contributed by atoms with Crippen molar-refractivity contribution in [3.63, 3.8) is 0 Å². The van der Waals surface area contributed by atoms with Crippen molar-refractivity contribution in [2.45, 2.75) is 38.6 Å². The van der Waals surface area contributed by atoms with Gasteiger partial charge in [0, 0.05) is 25.4 Å². The highest BCUT2D eigenvalue weighted by Crippen LogP contribution is 2.33. The molecule has 102 valence electrons.